The summed E-state index contributed by atoms with van der Waals surface area (Å²) in [5.74, 6) is 0.439. The summed E-state index contributed by atoms with van der Waals surface area (Å²) in [7, 11) is 0. The van der Waals surface area contributed by atoms with Crippen LogP contribution >= 0.6 is 11.8 Å². The maximum Gasteiger partial charge on any atom is 0.226 e. The summed E-state index contributed by atoms with van der Waals surface area (Å²) in [6.07, 6.45) is 1.01. The highest BCUT2D eigenvalue weighted by Crippen LogP contribution is 2.28. The second-order valence-corrected chi connectivity index (χ2v) is 7.94. The maximum atomic E-state index is 11.7. The Labute approximate surface area is 187 Å². The average molecular weight is 452 g/mol. The van der Waals surface area contributed by atoms with Crippen molar-refractivity contribution < 1.29 is 19.7 Å². The van der Waals surface area contributed by atoms with Crippen molar-refractivity contribution in [1.29, 1.82) is 0 Å². The van der Waals surface area contributed by atoms with Crippen molar-refractivity contribution in [3.05, 3.63) is 81.9 Å². The fourth-order valence-corrected chi connectivity index (χ4v) is 3.81. The van der Waals surface area contributed by atoms with Gasteiger partial charge in [0.1, 0.15) is 12.0 Å². The number of hydrogen-bond acceptors (Lipinski definition) is 9. The van der Waals surface area contributed by atoms with E-state index in [4.69, 9.17) is 4.42 Å². The number of nitrogens with one attached hydrogen (secondary N) is 1. The zero-order chi connectivity index (χ0) is 22.7. The first-order valence-corrected chi connectivity index (χ1v) is 10.6. The standard InChI is InChI=1S/C22H20N4O5S/c1-13-4-2-3-5-16(13)21-24-25-22(32-12-15-9-19(29)20(30)11-31-15)26(21)23-10-14-6-7-17(27)18(28)8-14/h2-9,11,23,27-28,30H,10,12H2,1H3. The molecule has 0 radical (unpaired) electrons. The van der Waals surface area contributed by atoms with Gasteiger partial charge in [0.25, 0.3) is 0 Å². The van der Waals surface area contributed by atoms with Gasteiger partial charge < -0.3 is 25.2 Å². The fourth-order valence-electron chi connectivity index (χ4n) is 3.01. The van der Waals surface area contributed by atoms with Crippen LogP contribution in [0.1, 0.15) is 16.9 Å². The number of benzene rings is 2. The Hall–Kier alpha value is -3.92. The van der Waals surface area contributed by atoms with E-state index in [9.17, 15) is 20.1 Å². The smallest absolute Gasteiger partial charge is 0.226 e. The van der Waals surface area contributed by atoms with Gasteiger partial charge in [-0.25, -0.2) is 4.68 Å². The maximum absolute atomic E-state index is 11.7. The molecule has 10 heteroatoms. The van der Waals surface area contributed by atoms with Crippen molar-refractivity contribution >= 4 is 11.8 Å². The van der Waals surface area contributed by atoms with Crippen molar-refractivity contribution in [2.75, 3.05) is 5.43 Å². The number of aryl methyl sites for hydroxylation is 1. The molecule has 32 heavy (non-hydrogen) atoms. The van der Waals surface area contributed by atoms with Crippen molar-refractivity contribution in [2.45, 2.75) is 24.4 Å². The van der Waals surface area contributed by atoms with Gasteiger partial charge in [-0.15, -0.1) is 10.2 Å². The van der Waals surface area contributed by atoms with Crippen molar-refractivity contribution in [3.8, 4) is 28.6 Å². The van der Waals surface area contributed by atoms with Gasteiger partial charge in [0.05, 0.1) is 12.3 Å². The second-order valence-electron chi connectivity index (χ2n) is 7.00. The monoisotopic (exact) mass is 452 g/mol. The van der Waals surface area contributed by atoms with Gasteiger partial charge in [0.15, 0.2) is 23.1 Å². The molecule has 164 valence electrons. The predicted molar refractivity (Wildman–Crippen MR) is 119 cm³/mol. The summed E-state index contributed by atoms with van der Waals surface area (Å²) in [6.45, 7) is 2.30. The van der Waals surface area contributed by atoms with E-state index in [0.717, 1.165) is 23.0 Å². The Morgan fingerprint density at radius 3 is 2.59 bits per heavy atom. The van der Waals surface area contributed by atoms with Crippen LogP contribution in [0.15, 0.2) is 69.2 Å². The average Bonchev–Trinajstić information content (AvgIpc) is 3.18. The fraction of sp³-hybridized carbons (Fsp3) is 0.136. The molecular formula is C22H20N4O5S. The summed E-state index contributed by atoms with van der Waals surface area (Å²) < 4.78 is 7.00. The molecule has 0 saturated carbocycles. The number of aromatic hydroxyl groups is 3. The van der Waals surface area contributed by atoms with Gasteiger partial charge in [-0.1, -0.05) is 42.1 Å². The quantitative estimate of drug-likeness (QED) is 0.246. The lowest BCUT2D eigenvalue weighted by Gasteiger charge is -2.14. The molecule has 4 aromatic rings. The van der Waals surface area contributed by atoms with E-state index in [0.29, 0.717) is 29.0 Å². The van der Waals surface area contributed by atoms with Gasteiger partial charge in [0.2, 0.25) is 10.6 Å². The normalized spacial score (nSPS) is 10.9. The first-order valence-electron chi connectivity index (χ1n) is 9.62. The van der Waals surface area contributed by atoms with E-state index < -0.39 is 11.2 Å². The van der Waals surface area contributed by atoms with Crippen molar-refractivity contribution in [2.24, 2.45) is 0 Å². The van der Waals surface area contributed by atoms with Gasteiger partial charge in [-0.2, -0.15) is 0 Å². The topological polar surface area (TPSA) is 134 Å². The summed E-state index contributed by atoms with van der Waals surface area (Å²) in [6, 6.07) is 13.6. The zero-order valence-electron chi connectivity index (χ0n) is 17.0. The highest BCUT2D eigenvalue weighted by molar-refractivity contribution is 7.98. The number of phenols is 2. The van der Waals surface area contributed by atoms with Gasteiger partial charge in [-0.05, 0) is 30.2 Å². The number of rotatable bonds is 7. The number of nitrogens with zero attached hydrogens (tertiary/aromatic N) is 3. The summed E-state index contributed by atoms with van der Waals surface area (Å²) in [5, 5.41) is 37.8. The number of hydrogen-bond donors (Lipinski definition) is 4. The van der Waals surface area contributed by atoms with Crippen LogP contribution in [0.2, 0.25) is 0 Å². The SMILES string of the molecule is Cc1ccccc1-c1nnc(SCc2cc(=O)c(O)co2)n1NCc1ccc(O)c(O)c1. The van der Waals surface area contributed by atoms with Gasteiger partial charge in [-0.3, -0.25) is 4.79 Å². The molecule has 0 aliphatic carbocycles. The molecule has 0 spiro atoms. The molecule has 0 fully saturated rings. The van der Waals surface area contributed by atoms with E-state index in [1.54, 1.807) is 10.7 Å². The van der Waals surface area contributed by atoms with Crippen LogP contribution in [0.25, 0.3) is 11.4 Å². The van der Waals surface area contributed by atoms with Crippen LogP contribution in [-0.2, 0) is 12.3 Å². The van der Waals surface area contributed by atoms with Crippen LogP contribution in [0.3, 0.4) is 0 Å². The molecule has 4 rings (SSSR count). The molecule has 0 unspecified atom stereocenters. The van der Waals surface area contributed by atoms with Crippen LogP contribution in [0.5, 0.6) is 17.2 Å². The van der Waals surface area contributed by atoms with E-state index >= 15 is 0 Å². The molecule has 0 amide bonds. The number of phenolic OH excluding ortho intramolecular Hbond substituents is 2. The molecule has 4 N–H and O–H groups in total. The second kappa shape index (κ2) is 9.06. The lowest BCUT2D eigenvalue weighted by atomic mass is 10.1. The summed E-state index contributed by atoms with van der Waals surface area (Å²) in [4.78, 5) is 11.7. The Morgan fingerprint density at radius 1 is 1.03 bits per heavy atom. The van der Waals surface area contributed by atoms with Crippen LogP contribution in [-0.4, -0.2) is 30.2 Å². The molecule has 0 saturated heterocycles. The van der Waals surface area contributed by atoms with Crippen LogP contribution in [0.4, 0.5) is 0 Å². The largest absolute Gasteiger partial charge is 0.504 e. The molecule has 2 heterocycles. The Kier molecular flexibility index (Phi) is 6.04. The zero-order valence-corrected chi connectivity index (χ0v) is 17.8. The molecule has 0 aliphatic heterocycles. The van der Waals surface area contributed by atoms with Crippen molar-refractivity contribution in [3.63, 3.8) is 0 Å². The predicted octanol–water partition coefficient (Wildman–Crippen LogP) is 3.36. The number of aromatic nitrogens is 3. The molecule has 0 bridgehead atoms. The molecule has 2 aromatic heterocycles. The first kappa shape index (κ1) is 21.3. The first-order chi connectivity index (χ1) is 15.4. The Balaban J connectivity index is 1.63. The molecule has 0 atom stereocenters. The van der Waals surface area contributed by atoms with Gasteiger partial charge in [0, 0.05) is 11.6 Å². The van der Waals surface area contributed by atoms with Crippen molar-refractivity contribution in [1.82, 2.24) is 14.9 Å². The molecular weight excluding hydrogens is 432 g/mol. The minimum absolute atomic E-state index is 0.190. The number of thioether (sulfide) groups is 1. The van der Waals surface area contributed by atoms with E-state index in [2.05, 4.69) is 15.6 Å². The summed E-state index contributed by atoms with van der Waals surface area (Å²) in [5.41, 5.74) is 5.39. The van der Waals surface area contributed by atoms with E-state index in [1.807, 2.05) is 31.2 Å². The highest BCUT2D eigenvalue weighted by atomic mass is 32.2. The lowest BCUT2D eigenvalue weighted by Crippen LogP contribution is -2.17. The van der Waals surface area contributed by atoms with E-state index in [-0.39, 0.29) is 11.5 Å². The molecule has 0 aliphatic rings. The third kappa shape index (κ3) is 4.54. The highest BCUT2D eigenvalue weighted by Gasteiger charge is 2.17. The minimum Gasteiger partial charge on any atom is -0.504 e. The Bertz CT molecular complexity index is 1320. The Morgan fingerprint density at radius 2 is 1.84 bits per heavy atom. The lowest BCUT2D eigenvalue weighted by molar-refractivity contribution is 0.403. The third-order valence-corrected chi connectivity index (χ3v) is 5.66. The molecule has 9 nitrogen and oxygen atoms in total. The van der Waals surface area contributed by atoms with Gasteiger partial charge >= 0.3 is 0 Å². The van der Waals surface area contributed by atoms with Crippen LogP contribution < -0.4 is 10.9 Å². The van der Waals surface area contributed by atoms with Crippen LogP contribution in [0, 0.1) is 6.92 Å². The summed E-state index contributed by atoms with van der Waals surface area (Å²) >= 11 is 1.30. The van der Waals surface area contributed by atoms with E-state index in [1.165, 1.54) is 30.0 Å². The third-order valence-electron chi connectivity index (χ3n) is 4.71. The molecule has 2 aromatic carbocycles. The minimum atomic E-state index is -0.515.